The second kappa shape index (κ2) is 10.8. The SMILES string of the molecule is CC1(C)c2cc(-c3cccc(N(c4ccc(-c5ccccc5)cc4)c4cccc5c4oc4ccccc45)c3)ccc2-c2oc3ccccc3c21. The Kier molecular flexibility index (Phi) is 6.22. The van der Waals surface area contributed by atoms with Gasteiger partial charge in [0, 0.05) is 44.1 Å². The predicted molar refractivity (Wildman–Crippen MR) is 207 cm³/mol. The predicted octanol–water partition coefficient (Wildman–Crippen LogP) is 13.4. The van der Waals surface area contributed by atoms with Gasteiger partial charge in [0.2, 0.25) is 0 Å². The molecule has 0 fully saturated rings. The van der Waals surface area contributed by atoms with E-state index >= 15 is 0 Å². The summed E-state index contributed by atoms with van der Waals surface area (Å²) in [6.45, 7) is 4.63. The molecule has 7 aromatic carbocycles. The molecule has 1 aliphatic carbocycles. The van der Waals surface area contributed by atoms with Crippen LogP contribution in [0.1, 0.15) is 25.0 Å². The molecule has 0 bridgehead atoms. The number of furan rings is 2. The van der Waals surface area contributed by atoms with Crippen LogP contribution >= 0.6 is 0 Å². The smallest absolute Gasteiger partial charge is 0.159 e. The first kappa shape index (κ1) is 28.7. The quantitative estimate of drug-likeness (QED) is 0.187. The maximum Gasteiger partial charge on any atom is 0.159 e. The fourth-order valence-corrected chi connectivity index (χ4v) is 8.02. The van der Waals surface area contributed by atoms with E-state index in [-0.39, 0.29) is 5.41 Å². The highest BCUT2D eigenvalue weighted by Crippen LogP contribution is 2.54. The monoisotopic (exact) mass is 643 g/mol. The molecule has 1 aliphatic rings. The van der Waals surface area contributed by atoms with Crippen LogP contribution in [0.25, 0.3) is 66.5 Å². The summed E-state index contributed by atoms with van der Waals surface area (Å²) < 4.78 is 13.0. The Morgan fingerprint density at radius 3 is 1.90 bits per heavy atom. The minimum absolute atomic E-state index is 0.186. The number of para-hydroxylation sites is 3. The Morgan fingerprint density at radius 1 is 0.460 bits per heavy atom. The van der Waals surface area contributed by atoms with Crippen molar-refractivity contribution in [2.75, 3.05) is 4.90 Å². The van der Waals surface area contributed by atoms with Crippen molar-refractivity contribution in [2.45, 2.75) is 19.3 Å². The van der Waals surface area contributed by atoms with Crippen LogP contribution in [-0.2, 0) is 5.41 Å². The van der Waals surface area contributed by atoms with E-state index in [1.54, 1.807) is 0 Å². The first-order valence-electron chi connectivity index (χ1n) is 17.2. The number of hydrogen-bond donors (Lipinski definition) is 0. The molecule has 0 aliphatic heterocycles. The lowest BCUT2D eigenvalue weighted by atomic mass is 9.80. The Labute approximate surface area is 290 Å². The maximum atomic E-state index is 6.59. The number of hydrogen-bond acceptors (Lipinski definition) is 3. The van der Waals surface area contributed by atoms with Crippen LogP contribution in [0.5, 0.6) is 0 Å². The number of rotatable bonds is 5. The summed E-state index contributed by atoms with van der Waals surface area (Å²) in [5.41, 5.74) is 14.1. The van der Waals surface area contributed by atoms with Crippen molar-refractivity contribution in [3.05, 3.63) is 175 Å². The number of nitrogens with zero attached hydrogens (tertiary/aromatic N) is 1. The third kappa shape index (κ3) is 4.30. The second-order valence-electron chi connectivity index (χ2n) is 13.7. The van der Waals surface area contributed by atoms with Crippen molar-refractivity contribution in [2.24, 2.45) is 0 Å². The summed E-state index contributed by atoms with van der Waals surface area (Å²) in [7, 11) is 0. The Hall–Kier alpha value is -6.32. The van der Waals surface area contributed by atoms with E-state index < -0.39 is 0 Å². The molecule has 3 heteroatoms. The van der Waals surface area contributed by atoms with Gasteiger partial charge in [0.05, 0.1) is 5.69 Å². The molecule has 0 saturated heterocycles. The van der Waals surface area contributed by atoms with Crippen LogP contribution in [-0.4, -0.2) is 0 Å². The minimum atomic E-state index is -0.186. The fraction of sp³-hybridized carbons (Fsp3) is 0.0638. The standard InChI is InChI=1S/C47H33NO2/c1-47(2)40-29-33(24-27-38(40)46-44(47)39-17-7-9-21-43(39)50-46)32-14-10-15-35(28-32)48(34-25-22-31(23-26-34)30-12-4-3-5-13-30)41-19-11-18-37-36-16-6-8-20-42(36)49-45(37)41/h3-29H,1-2H3. The highest BCUT2D eigenvalue weighted by Gasteiger charge is 2.40. The molecule has 10 rings (SSSR count). The van der Waals surface area contributed by atoms with Crippen molar-refractivity contribution in [1.29, 1.82) is 0 Å². The van der Waals surface area contributed by atoms with E-state index in [0.717, 1.165) is 55.9 Å². The summed E-state index contributed by atoms with van der Waals surface area (Å²) in [4.78, 5) is 2.32. The molecule has 2 heterocycles. The lowest BCUT2D eigenvalue weighted by Crippen LogP contribution is -2.15. The molecule has 2 aromatic heterocycles. The molecule has 0 spiro atoms. The van der Waals surface area contributed by atoms with Gasteiger partial charge in [-0.05, 0) is 76.3 Å². The number of benzene rings is 7. The highest BCUT2D eigenvalue weighted by atomic mass is 16.3. The largest absolute Gasteiger partial charge is 0.456 e. The normalized spacial score (nSPS) is 13.2. The van der Waals surface area contributed by atoms with Gasteiger partial charge in [-0.25, -0.2) is 0 Å². The van der Waals surface area contributed by atoms with Crippen LogP contribution in [0.3, 0.4) is 0 Å². The Morgan fingerprint density at radius 2 is 1.08 bits per heavy atom. The van der Waals surface area contributed by atoms with Gasteiger partial charge in [0.25, 0.3) is 0 Å². The molecule has 3 nitrogen and oxygen atoms in total. The molecule has 0 atom stereocenters. The Bertz CT molecular complexity index is 2730. The lowest BCUT2D eigenvalue weighted by molar-refractivity contribution is 0.619. The van der Waals surface area contributed by atoms with Gasteiger partial charge in [0.15, 0.2) is 5.58 Å². The maximum absolute atomic E-state index is 6.59. The van der Waals surface area contributed by atoms with Gasteiger partial charge < -0.3 is 13.7 Å². The molecule has 50 heavy (non-hydrogen) atoms. The molecule has 0 saturated carbocycles. The van der Waals surface area contributed by atoms with Crippen molar-refractivity contribution >= 4 is 50.0 Å². The van der Waals surface area contributed by atoms with Gasteiger partial charge in [0.1, 0.15) is 16.9 Å². The summed E-state index contributed by atoms with van der Waals surface area (Å²) in [6.07, 6.45) is 0. The molecular weight excluding hydrogens is 611 g/mol. The first-order valence-corrected chi connectivity index (χ1v) is 17.2. The van der Waals surface area contributed by atoms with Crippen LogP contribution < -0.4 is 4.90 Å². The average molecular weight is 644 g/mol. The summed E-state index contributed by atoms with van der Waals surface area (Å²) in [5, 5.41) is 3.41. The van der Waals surface area contributed by atoms with Gasteiger partial charge in [-0.3, -0.25) is 0 Å². The van der Waals surface area contributed by atoms with Crippen molar-refractivity contribution in [3.63, 3.8) is 0 Å². The van der Waals surface area contributed by atoms with E-state index in [1.807, 2.05) is 18.2 Å². The van der Waals surface area contributed by atoms with E-state index in [2.05, 4.69) is 164 Å². The minimum Gasteiger partial charge on any atom is -0.456 e. The lowest BCUT2D eigenvalue weighted by Gasteiger charge is -2.26. The van der Waals surface area contributed by atoms with E-state index in [9.17, 15) is 0 Å². The van der Waals surface area contributed by atoms with Crippen molar-refractivity contribution in [3.8, 4) is 33.6 Å². The third-order valence-electron chi connectivity index (χ3n) is 10.5. The first-order chi connectivity index (χ1) is 24.5. The van der Waals surface area contributed by atoms with Gasteiger partial charge in [-0.2, -0.15) is 0 Å². The van der Waals surface area contributed by atoms with Crippen LogP contribution in [0.4, 0.5) is 17.1 Å². The van der Waals surface area contributed by atoms with Crippen molar-refractivity contribution in [1.82, 2.24) is 0 Å². The number of anilines is 3. The summed E-state index contributed by atoms with van der Waals surface area (Å²) in [6, 6.07) is 58.1. The Balaban J connectivity index is 1.12. The number of fused-ring (bicyclic) bond motifs is 8. The van der Waals surface area contributed by atoms with Crippen LogP contribution in [0.2, 0.25) is 0 Å². The topological polar surface area (TPSA) is 29.5 Å². The van der Waals surface area contributed by atoms with Gasteiger partial charge >= 0.3 is 0 Å². The zero-order chi connectivity index (χ0) is 33.4. The van der Waals surface area contributed by atoms with E-state index in [0.29, 0.717) is 0 Å². The molecule has 0 radical (unpaired) electrons. The molecule has 0 unspecified atom stereocenters. The van der Waals surface area contributed by atoms with Crippen LogP contribution in [0, 0.1) is 0 Å². The van der Waals surface area contributed by atoms with Gasteiger partial charge in [-0.1, -0.05) is 129 Å². The molecule has 0 N–H and O–H groups in total. The molecule has 238 valence electrons. The molecule has 9 aromatic rings. The van der Waals surface area contributed by atoms with E-state index in [1.165, 1.54) is 38.8 Å². The average Bonchev–Trinajstić information content (AvgIpc) is 3.81. The van der Waals surface area contributed by atoms with Crippen molar-refractivity contribution < 1.29 is 8.83 Å². The zero-order valence-electron chi connectivity index (χ0n) is 27.9. The fourth-order valence-electron chi connectivity index (χ4n) is 8.02. The molecular formula is C47H33NO2. The zero-order valence-corrected chi connectivity index (χ0v) is 27.9. The van der Waals surface area contributed by atoms with Crippen LogP contribution in [0.15, 0.2) is 173 Å². The summed E-state index contributed by atoms with van der Waals surface area (Å²) in [5.74, 6) is 0.996. The highest BCUT2D eigenvalue weighted by molar-refractivity contribution is 6.10. The second-order valence-corrected chi connectivity index (χ2v) is 13.7. The third-order valence-corrected chi connectivity index (χ3v) is 10.5. The van der Waals surface area contributed by atoms with Gasteiger partial charge in [-0.15, -0.1) is 0 Å². The van der Waals surface area contributed by atoms with E-state index in [4.69, 9.17) is 8.83 Å². The molecule has 0 amide bonds. The summed E-state index contributed by atoms with van der Waals surface area (Å²) >= 11 is 0.